The summed E-state index contributed by atoms with van der Waals surface area (Å²) in [5.41, 5.74) is 1.76. The van der Waals surface area contributed by atoms with Crippen LogP contribution in [-0.2, 0) is 4.74 Å². The second kappa shape index (κ2) is 7.88. The van der Waals surface area contributed by atoms with Crippen molar-refractivity contribution in [3.8, 4) is 0 Å². The highest BCUT2D eigenvalue weighted by Crippen LogP contribution is 2.70. The van der Waals surface area contributed by atoms with E-state index in [9.17, 15) is 0 Å². The van der Waals surface area contributed by atoms with Crippen LogP contribution < -0.4 is 5.32 Å². The fourth-order valence-corrected chi connectivity index (χ4v) is 9.16. The Bertz CT molecular complexity index is 549. The summed E-state index contributed by atoms with van der Waals surface area (Å²) >= 11 is 0. The zero-order valence-corrected chi connectivity index (χ0v) is 19.5. The summed E-state index contributed by atoms with van der Waals surface area (Å²) in [6.45, 7) is 12.4. The molecule has 4 fully saturated rings. The SMILES string of the molecule is CCNC1CCC2(C)C3CCC4(C)C(CCCOC)CCC4C3CCC2(C)C1. The monoisotopic (exact) mass is 389 g/mol. The van der Waals surface area contributed by atoms with E-state index in [0.29, 0.717) is 16.2 Å². The van der Waals surface area contributed by atoms with E-state index in [0.717, 1.165) is 42.9 Å². The minimum Gasteiger partial charge on any atom is -0.385 e. The molecular weight excluding hydrogens is 342 g/mol. The first-order valence-corrected chi connectivity index (χ1v) is 12.6. The van der Waals surface area contributed by atoms with Crippen LogP contribution in [0, 0.1) is 39.9 Å². The lowest BCUT2D eigenvalue weighted by atomic mass is 9.40. The first kappa shape index (κ1) is 21.2. The fraction of sp³-hybridized carbons (Fsp3) is 1.00. The van der Waals surface area contributed by atoms with Gasteiger partial charge in [0.1, 0.15) is 0 Å². The Morgan fingerprint density at radius 3 is 2.50 bits per heavy atom. The third kappa shape index (κ3) is 3.20. The van der Waals surface area contributed by atoms with Gasteiger partial charge in [0.2, 0.25) is 0 Å². The van der Waals surface area contributed by atoms with Crippen molar-refractivity contribution in [2.45, 2.75) is 104 Å². The number of methoxy groups -OCH3 is 1. The third-order valence-electron chi connectivity index (χ3n) is 11.0. The van der Waals surface area contributed by atoms with Crippen LogP contribution in [0.4, 0.5) is 0 Å². The van der Waals surface area contributed by atoms with Crippen molar-refractivity contribution >= 4 is 0 Å². The predicted octanol–water partition coefficient (Wildman–Crippen LogP) is 6.44. The molecule has 4 saturated carbocycles. The van der Waals surface area contributed by atoms with Crippen molar-refractivity contribution in [3.63, 3.8) is 0 Å². The van der Waals surface area contributed by atoms with E-state index in [2.05, 4.69) is 33.0 Å². The van der Waals surface area contributed by atoms with Gasteiger partial charge in [0.25, 0.3) is 0 Å². The fourth-order valence-electron chi connectivity index (χ4n) is 9.16. The van der Waals surface area contributed by atoms with E-state index >= 15 is 0 Å². The molecule has 0 amide bonds. The molecule has 28 heavy (non-hydrogen) atoms. The van der Waals surface area contributed by atoms with Crippen LogP contribution in [0.1, 0.15) is 98.3 Å². The van der Waals surface area contributed by atoms with Crippen LogP contribution in [-0.4, -0.2) is 26.3 Å². The summed E-state index contributed by atoms with van der Waals surface area (Å²) in [7, 11) is 1.86. The molecule has 0 aromatic rings. The lowest BCUT2D eigenvalue weighted by Gasteiger charge is -2.65. The van der Waals surface area contributed by atoms with Gasteiger partial charge in [-0.05, 0) is 117 Å². The van der Waals surface area contributed by atoms with Gasteiger partial charge in [0.05, 0.1) is 0 Å². The molecule has 4 aliphatic carbocycles. The van der Waals surface area contributed by atoms with E-state index in [1.807, 2.05) is 7.11 Å². The van der Waals surface area contributed by atoms with Crippen molar-refractivity contribution in [2.75, 3.05) is 20.3 Å². The summed E-state index contributed by atoms with van der Waals surface area (Å²) < 4.78 is 5.36. The van der Waals surface area contributed by atoms with E-state index < -0.39 is 0 Å². The minimum absolute atomic E-state index is 0.559. The van der Waals surface area contributed by atoms with Gasteiger partial charge in [-0.1, -0.05) is 27.7 Å². The van der Waals surface area contributed by atoms with Gasteiger partial charge in [-0.25, -0.2) is 0 Å². The topological polar surface area (TPSA) is 21.3 Å². The zero-order chi connectivity index (χ0) is 20.0. The van der Waals surface area contributed by atoms with Crippen LogP contribution in [0.25, 0.3) is 0 Å². The summed E-state index contributed by atoms with van der Waals surface area (Å²) in [4.78, 5) is 0. The van der Waals surface area contributed by atoms with E-state index in [-0.39, 0.29) is 0 Å². The van der Waals surface area contributed by atoms with Gasteiger partial charge in [-0.15, -0.1) is 0 Å². The molecule has 0 aromatic heterocycles. The highest BCUT2D eigenvalue weighted by Gasteiger charge is 2.63. The molecule has 0 spiro atoms. The summed E-state index contributed by atoms with van der Waals surface area (Å²) in [6, 6.07) is 0.769. The molecule has 1 N–H and O–H groups in total. The molecule has 162 valence electrons. The lowest BCUT2D eigenvalue weighted by Crippen LogP contribution is -2.59. The second-order valence-electron chi connectivity index (χ2n) is 11.8. The molecule has 0 heterocycles. The number of rotatable bonds is 6. The molecule has 2 nitrogen and oxygen atoms in total. The molecule has 0 aliphatic heterocycles. The summed E-state index contributed by atoms with van der Waals surface area (Å²) in [6.07, 6.45) is 16.0. The van der Waals surface area contributed by atoms with Gasteiger partial charge in [-0.3, -0.25) is 0 Å². The average Bonchev–Trinajstić information content (AvgIpc) is 3.00. The third-order valence-corrected chi connectivity index (χ3v) is 11.0. The van der Waals surface area contributed by atoms with Crippen LogP contribution >= 0.6 is 0 Å². The van der Waals surface area contributed by atoms with Gasteiger partial charge in [0, 0.05) is 19.8 Å². The molecular formula is C26H47NO. The van der Waals surface area contributed by atoms with Crippen molar-refractivity contribution < 1.29 is 4.74 Å². The summed E-state index contributed by atoms with van der Waals surface area (Å²) in [5.74, 6) is 3.97. The number of ether oxygens (including phenoxy) is 1. The maximum atomic E-state index is 5.36. The molecule has 4 rings (SSSR count). The molecule has 2 heteroatoms. The first-order chi connectivity index (χ1) is 13.4. The largest absolute Gasteiger partial charge is 0.385 e. The van der Waals surface area contributed by atoms with E-state index in [1.54, 1.807) is 0 Å². The van der Waals surface area contributed by atoms with Crippen molar-refractivity contribution in [1.29, 1.82) is 0 Å². The highest BCUT2D eigenvalue weighted by atomic mass is 16.5. The molecule has 4 aliphatic rings. The smallest absolute Gasteiger partial charge is 0.0462 e. The maximum Gasteiger partial charge on any atom is 0.0462 e. The molecule has 0 aromatic carbocycles. The van der Waals surface area contributed by atoms with Crippen molar-refractivity contribution in [1.82, 2.24) is 5.32 Å². The van der Waals surface area contributed by atoms with Gasteiger partial charge < -0.3 is 10.1 Å². The number of hydrogen-bond acceptors (Lipinski definition) is 2. The van der Waals surface area contributed by atoms with Crippen molar-refractivity contribution in [2.24, 2.45) is 39.9 Å². The average molecular weight is 390 g/mol. The Kier molecular flexibility index (Phi) is 5.95. The Labute approximate surface area is 175 Å². The molecule has 8 unspecified atom stereocenters. The molecule has 0 radical (unpaired) electrons. The lowest BCUT2D eigenvalue weighted by molar-refractivity contribution is -0.157. The number of nitrogens with one attached hydrogen (secondary N) is 1. The Hall–Kier alpha value is -0.0800. The summed E-state index contributed by atoms with van der Waals surface area (Å²) in [5, 5.41) is 3.79. The van der Waals surface area contributed by atoms with Gasteiger partial charge in [-0.2, -0.15) is 0 Å². The molecule has 8 atom stereocenters. The standard InChI is InChI=1S/C26H47NO/c1-6-27-20-11-16-26(4)23-13-15-25(3)19(8-7-17-28-5)9-10-22(25)21(23)12-14-24(26,2)18-20/h19-23,27H,6-18H2,1-5H3. The first-order valence-electron chi connectivity index (χ1n) is 12.6. The number of hydrogen-bond donors (Lipinski definition) is 1. The number of fused-ring (bicyclic) bond motifs is 5. The van der Waals surface area contributed by atoms with Crippen LogP contribution in [0.15, 0.2) is 0 Å². The second-order valence-corrected chi connectivity index (χ2v) is 11.8. The van der Waals surface area contributed by atoms with Crippen molar-refractivity contribution in [3.05, 3.63) is 0 Å². The highest BCUT2D eigenvalue weighted by molar-refractivity contribution is 5.12. The Morgan fingerprint density at radius 2 is 1.75 bits per heavy atom. The van der Waals surface area contributed by atoms with Crippen LogP contribution in [0.5, 0.6) is 0 Å². The normalized spacial score (nSPS) is 50.7. The quantitative estimate of drug-likeness (QED) is 0.528. The van der Waals surface area contributed by atoms with E-state index in [1.165, 1.54) is 70.6 Å². The van der Waals surface area contributed by atoms with Gasteiger partial charge in [0.15, 0.2) is 0 Å². The Balaban J connectivity index is 1.50. The van der Waals surface area contributed by atoms with Gasteiger partial charge >= 0.3 is 0 Å². The van der Waals surface area contributed by atoms with Crippen LogP contribution in [0.2, 0.25) is 0 Å². The Morgan fingerprint density at radius 1 is 0.929 bits per heavy atom. The maximum absolute atomic E-state index is 5.36. The molecule has 0 saturated heterocycles. The van der Waals surface area contributed by atoms with E-state index in [4.69, 9.17) is 4.74 Å². The van der Waals surface area contributed by atoms with Crippen LogP contribution in [0.3, 0.4) is 0 Å². The molecule has 0 bridgehead atoms. The zero-order valence-electron chi connectivity index (χ0n) is 19.5. The predicted molar refractivity (Wildman–Crippen MR) is 118 cm³/mol. The minimum atomic E-state index is 0.559.